The van der Waals surface area contributed by atoms with Crippen molar-refractivity contribution in [2.24, 2.45) is 0 Å². The highest BCUT2D eigenvalue weighted by atomic mass is 32.2. The number of nitrogens with zero attached hydrogens (tertiary/aromatic N) is 2. The van der Waals surface area contributed by atoms with Gasteiger partial charge in [0.1, 0.15) is 11.6 Å². The molecule has 3 rings (SSSR count). The van der Waals surface area contributed by atoms with Gasteiger partial charge in [0.15, 0.2) is 0 Å². The van der Waals surface area contributed by atoms with Gasteiger partial charge >= 0.3 is 0 Å². The zero-order valence-corrected chi connectivity index (χ0v) is 27.2. The molecule has 46 heavy (non-hydrogen) atoms. The number of rotatable bonds is 15. The molecule has 0 saturated heterocycles. The van der Waals surface area contributed by atoms with Crippen molar-refractivity contribution in [2.45, 2.75) is 57.1 Å². The molecular formula is C34H40F2N4O5S. The second-order valence-electron chi connectivity index (χ2n) is 10.9. The van der Waals surface area contributed by atoms with Gasteiger partial charge in [0, 0.05) is 49.4 Å². The van der Waals surface area contributed by atoms with Gasteiger partial charge in [-0.3, -0.25) is 9.59 Å². The van der Waals surface area contributed by atoms with E-state index in [1.54, 1.807) is 36.1 Å². The Balaban J connectivity index is 1.92. The lowest BCUT2D eigenvalue weighted by molar-refractivity contribution is 0.0687. The maximum Gasteiger partial charge on any atom is 0.253 e. The highest BCUT2D eigenvalue weighted by Crippen LogP contribution is 2.17. The molecule has 3 aromatic rings. The van der Waals surface area contributed by atoms with Gasteiger partial charge in [-0.2, -0.15) is 0 Å². The molecule has 0 fully saturated rings. The zero-order valence-electron chi connectivity index (χ0n) is 26.4. The first-order valence-corrected chi connectivity index (χ1v) is 16.4. The fourth-order valence-electron chi connectivity index (χ4n) is 4.96. The van der Waals surface area contributed by atoms with Crippen LogP contribution in [0.2, 0.25) is 0 Å². The predicted octanol–water partition coefficient (Wildman–Crippen LogP) is 4.13. The summed E-state index contributed by atoms with van der Waals surface area (Å²) in [6, 6.07) is 13.9. The Hall–Kier alpha value is -4.15. The van der Waals surface area contributed by atoms with Crippen molar-refractivity contribution in [3.05, 3.63) is 101 Å². The average Bonchev–Trinajstić information content (AvgIpc) is 3.00. The monoisotopic (exact) mass is 654 g/mol. The predicted molar refractivity (Wildman–Crippen MR) is 172 cm³/mol. The molecule has 0 saturated carbocycles. The molecule has 0 aliphatic carbocycles. The first kappa shape index (κ1) is 36.3. The summed E-state index contributed by atoms with van der Waals surface area (Å²) in [5.41, 5.74) is 0.959. The van der Waals surface area contributed by atoms with Gasteiger partial charge in [-0.1, -0.05) is 38.0 Å². The van der Waals surface area contributed by atoms with Crippen molar-refractivity contribution in [2.75, 3.05) is 26.7 Å². The number of benzene rings is 3. The quantitative estimate of drug-likeness (QED) is 0.168. The van der Waals surface area contributed by atoms with Gasteiger partial charge in [0.05, 0.1) is 17.0 Å². The number of halogens is 2. The molecule has 0 spiro atoms. The van der Waals surface area contributed by atoms with Crippen LogP contribution in [0.15, 0.2) is 71.6 Å². The third-order valence-corrected chi connectivity index (χ3v) is 8.38. The molecule has 2 amide bonds. The van der Waals surface area contributed by atoms with Crippen LogP contribution in [0.1, 0.15) is 65.5 Å². The summed E-state index contributed by atoms with van der Waals surface area (Å²) in [4.78, 5) is 31.1. The fraction of sp³-hybridized carbons (Fsp3) is 0.353. The van der Waals surface area contributed by atoms with Gasteiger partial charge < -0.3 is 15.3 Å². The molecule has 0 aromatic heterocycles. The maximum absolute atomic E-state index is 14.1. The molecule has 0 aliphatic rings. The van der Waals surface area contributed by atoms with E-state index in [1.807, 2.05) is 13.8 Å². The van der Waals surface area contributed by atoms with Crippen molar-refractivity contribution in [3.63, 3.8) is 0 Å². The van der Waals surface area contributed by atoms with Crippen molar-refractivity contribution < 1.29 is 31.9 Å². The minimum Gasteiger partial charge on any atom is -0.390 e. The standard InChI is InChI=1S/C34H40F2N4O5S/c1-5-11-24-16-26(21-27(17-24)34(43)40(14-6-2)15-7-3)33(42)37-31(20-25-18-28(35)22-29(36)19-25)32(41)23-39(4)38-46(44,45)30-12-9-8-10-13-30/h8-10,12-13,16-19,21-22,31-32,38,41H,6-7,14-15,20,23H2,1-4H3,(H,37,42). The van der Waals surface area contributed by atoms with Crippen molar-refractivity contribution in [1.29, 1.82) is 0 Å². The Morgan fingerprint density at radius 2 is 1.54 bits per heavy atom. The molecule has 9 nitrogen and oxygen atoms in total. The summed E-state index contributed by atoms with van der Waals surface area (Å²) < 4.78 is 53.7. The van der Waals surface area contributed by atoms with Crippen LogP contribution in [0.25, 0.3) is 0 Å². The number of likely N-dealkylation sites (N-methyl/N-ethyl adjacent to an activating group) is 1. The Morgan fingerprint density at radius 1 is 0.935 bits per heavy atom. The number of hydrogen-bond donors (Lipinski definition) is 3. The molecule has 3 N–H and O–H groups in total. The van der Waals surface area contributed by atoms with Crippen LogP contribution >= 0.6 is 0 Å². The van der Waals surface area contributed by atoms with E-state index in [4.69, 9.17) is 0 Å². The average molecular weight is 655 g/mol. The highest BCUT2D eigenvalue weighted by molar-refractivity contribution is 7.89. The summed E-state index contributed by atoms with van der Waals surface area (Å²) >= 11 is 0. The molecule has 246 valence electrons. The summed E-state index contributed by atoms with van der Waals surface area (Å²) in [6.07, 6.45) is -0.0990. The maximum atomic E-state index is 14.1. The molecule has 12 heteroatoms. The van der Waals surface area contributed by atoms with E-state index >= 15 is 0 Å². The molecule has 0 heterocycles. The number of carbonyl (C=O) groups excluding carboxylic acids is 2. The van der Waals surface area contributed by atoms with Gasteiger partial charge in [0.25, 0.3) is 21.8 Å². The number of hydrazine groups is 1. The van der Waals surface area contributed by atoms with Crippen LogP contribution < -0.4 is 10.1 Å². The first-order valence-electron chi connectivity index (χ1n) is 15.0. The van der Waals surface area contributed by atoms with Crippen LogP contribution in [0.3, 0.4) is 0 Å². The SMILES string of the molecule is CC#Cc1cc(C(=O)NC(Cc2cc(F)cc(F)c2)C(O)CN(C)NS(=O)(=O)c2ccccc2)cc(C(=O)N(CCC)CCC)c1. The summed E-state index contributed by atoms with van der Waals surface area (Å²) in [5, 5.41) is 15.1. The highest BCUT2D eigenvalue weighted by Gasteiger charge is 2.27. The number of aliphatic hydroxyl groups is 1. The van der Waals surface area contributed by atoms with E-state index in [1.165, 1.54) is 31.3 Å². The largest absolute Gasteiger partial charge is 0.390 e. The van der Waals surface area contributed by atoms with E-state index < -0.39 is 39.7 Å². The minimum atomic E-state index is -3.98. The molecule has 2 atom stereocenters. The van der Waals surface area contributed by atoms with Crippen LogP contribution in [0.5, 0.6) is 0 Å². The van der Waals surface area contributed by atoms with Crippen LogP contribution in [0.4, 0.5) is 8.78 Å². The van der Waals surface area contributed by atoms with Crippen LogP contribution in [0, 0.1) is 23.5 Å². The number of carbonyl (C=O) groups is 2. The number of aliphatic hydroxyl groups excluding tert-OH is 1. The van der Waals surface area contributed by atoms with Crippen molar-refractivity contribution in [3.8, 4) is 11.8 Å². The number of nitrogens with one attached hydrogen (secondary N) is 2. The smallest absolute Gasteiger partial charge is 0.253 e. The molecule has 3 aromatic carbocycles. The van der Waals surface area contributed by atoms with E-state index in [-0.39, 0.29) is 40.5 Å². The second-order valence-corrected chi connectivity index (χ2v) is 12.5. The topological polar surface area (TPSA) is 119 Å². The van der Waals surface area contributed by atoms with Gasteiger partial charge in [0.2, 0.25) is 0 Å². The third kappa shape index (κ3) is 10.5. The summed E-state index contributed by atoms with van der Waals surface area (Å²) in [6.45, 7) is 6.34. The third-order valence-electron chi connectivity index (χ3n) is 6.94. The number of hydrogen-bond acceptors (Lipinski definition) is 6. The lowest BCUT2D eigenvalue weighted by Gasteiger charge is -2.28. The number of amides is 2. The Kier molecular flexibility index (Phi) is 13.4. The molecule has 0 bridgehead atoms. The van der Waals surface area contributed by atoms with Gasteiger partial charge in [-0.25, -0.2) is 22.2 Å². The Morgan fingerprint density at radius 3 is 2.13 bits per heavy atom. The van der Waals surface area contributed by atoms with Gasteiger partial charge in [-0.05, 0) is 74.2 Å². The normalized spacial score (nSPS) is 12.6. The van der Waals surface area contributed by atoms with E-state index in [0.29, 0.717) is 24.7 Å². The molecule has 2 unspecified atom stereocenters. The first-order chi connectivity index (χ1) is 21.9. The fourth-order valence-corrected chi connectivity index (χ4v) is 6.06. The van der Waals surface area contributed by atoms with E-state index in [0.717, 1.165) is 30.0 Å². The Labute approximate surface area is 269 Å². The minimum absolute atomic E-state index is 0.00767. The van der Waals surface area contributed by atoms with Crippen LogP contribution in [-0.2, 0) is 16.4 Å². The Bertz CT molecular complexity index is 1650. The molecular weight excluding hydrogens is 614 g/mol. The lowest BCUT2D eigenvalue weighted by Crippen LogP contribution is -2.52. The van der Waals surface area contributed by atoms with E-state index in [9.17, 15) is 31.9 Å². The summed E-state index contributed by atoms with van der Waals surface area (Å²) in [7, 11) is -2.58. The van der Waals surface area contributed by atoms with Crippen molar-refractivity contribution in [1.82, 2.24) is 20.1 Å². The second kappa shape index (κ2) is 17.0. The van der Waals surface area contributed by atoms with Gasteiger partial charge in [-0.15, -0.1) is 10.8 Å². The summed E-state index contributed by atoms with van der Waals surface area (Å²) in [5.74, 6) is 3.07. The van der Waals surface area contributed by atoms with E-state index in [2.05, 4.69) is 22.0 Å². The number of sulfonamides is 1. The molecule has 0 aliphatic heterocycles. The van der Waals surface area contributed by atoms with Crippen LogP contribution in [-0.4, -0.2) is 74.1 Å². The lowest BCUT2D eigenvalue weighted by atomic mass is 9.99. The molecule has 0 radical (unpaired) electrons. The van der Waals surface area contributed by atoms with Crippen molar-refractivity contribution >= 4 is 21.8 Å². The zero-order chi connectivity index (χ0) is 33.9.